The molecule has 0 spiro atoms. The summed E-state index contributed by atoms with van der Waals surface area (Å²) in [6.07, 6.45) is 0.893. The zero-order chi connectivity index (χ0) is 12.0. The third kappa shape index (κ3) is 3.77. The SMILES string of the molecule is NCCCNCc1ccc([N+](=O)[O-])cc1Cl. The summed E-state index contributed by atoms with van der Waals surface area (Å²) in [5, 5.41) is 14.1. The van der Waals surface area contributed by atoms with Crippen LogP contribution in [0.25, 0.3) is 0 Å². The first-order valence-corrected chi connectivity index (χ1v) is 5.36. The van der Waals surface area contributed by atoms with Crippen LogP contribution in [0.15, 0.2) is 18.2 Å². The largest absolute Gasteiger partial charge is 0.330 e. The van der Waals surface area contributed by atoms with Crippen molar-refractivity contribution in [3.05, 3.63) is 38.9 Å². The normalized spacial score (nSPS) is 10.4. The van der Waals surface area contributed by atoms with Crippen LogP contribution in [0.3, 0.4) is 0 Å². The number of non-ortho nitro benzene ring substituents is 1. The van der Waals surface area contributed by atoms with Crippen LogP contribution >= 0.6 is 11.6 Å². The number of halogens is 1. The van der Waals surface area contributed by atoms with E-state index in [4.69, 9.17) is 17.3 Å². The van der Waals surface area contributed by atoms with E-state index in [1.165, 1.54) is 12.1 Å². The maximum absolute atomic E-state index is 10.5. The molecule has 0 amide bonds. The summed E-state index contributed by atoms with van der Waals surface area (Å²) in [5.74, 6) is 0. The van der Waals surface area contributed by atoms with E-state index in [1.54, 1.807) is 6.07 Å². The Balaban J connectivity index is 2.57. The van der Waals surface area contributed by atoms with Gasteiger partial charge < -0.3 is 11.1 Å². The lowest BCUT2D eigenvalue weighted by atomic mass is 10.2. The van der Waals surface area contributed by atoms with E-state index < -0.39 is 4.92 Å². The lowest BCUT2D eigenvalue weighted by Crippen LogP contribution is -2.17. The van der Waals surface area contributed by atoms with Crippen LogP contribution in [0.1, 0.15) is 12.0 Å². The molecule has 0 saturated carbocycles. The Morgan fingerprint density at radius 1 is 1.50 bits per heavy atom. The van der Waals surface area contributed by atoms with E-state index in [2.05, 4.69) is 5.32 Å². The smallest absolute Gasteiger partial charge is 0.270 e. The Morgan fingerprint density at radius 3 is 2.81 bits per heavy atom. The number of nitro groups is 1. The highest BCUT2D eigenvalue weighted by atomic mass is 35.5. The topological polar surface area (TPSA) is 81.2 Å². The minimum absolute atomic E-state index is 0.00991. The van der Waals surface area contributed by atoms with Crippen molar-refractivity contribution in [2.24, 2.45) is 5.73 Å². The van der Waals surface area contributed by atoms with Crippen molar-refractivity contribution in [3.8, 4) is 0 Å². The third-order valence-electron chi connectivity index (χ3n) is 2.12. The molecule has 0 aromatic heterocycles. The number of benzene rings is 1. The van der Waals surface area contributed by atoms with Gasteiger partial charge in [0.25, 0.3) is 5.69 Å². The van der Waals surface area contributed by atoms with Gasteiger partial charge in [-0.15, -0.1) is 0 Å². The molecular formula is C10H14ClN3O2. The first-order valence-electron chi connectivity index (χ1n) is 4.98. The summed E-state index contributed by atoms with van der Waals surface area (Å²) in [6.45, 7) is 2.04. The third-order valence-corrected chi connectivity index (χ3v) is 2.47. The Hall–Kier alpha value is -1.17. The van der Waals surface area contributed by atoms with Gasteiger partial charge in [0, 0.05) is 18.7 Å². The lowest BCUT2D eigenvalue weighted by molar-refractivity contribution is -0.384. The maximum Gasteiger partial charge on any atom is 0.270 e. The molecule has 1 aromatic rings. The minimum atomic E-state index is -0.461. The molecule has 5 nitrogen and oxygen atoms in total. The van der Waals surface area contributed by atoms with E-state index in [1.807, 2.05) is 0 Å². The quantitative estimate of drug-likeness (QED) is 0.453. The van der Waals surface area contributed by atoms with Crippen molar-refractivity contribution in [1.29, 1.82) is 0 Å². The zero-order valence-corrected chi connectivity index (χ0v) is 9.54. The molecule has 0 bridgehead atoms. The molecule has 0 aliphatic rings. The second-order valence-corrected chi connectivity index (χ2v) is 3.76. The van der Waals surface area contributed by atoms with Crippen LogP contribution in [-0.4, -0.2) is 18.0 Å². The molecule has 1 aromatic carbocycles. The van der Waals surface area contributed by atoms with Gasteiger partial charge in [0.1, 0.15) is 0 Å². The van der Waals surface area contributed by atoms with E-state index in [9.17, 15) is 10.1 Å². The van der Waals surface area contributed by atoms with Gasteiger partial charge in [0.05, 0.1) is 9.95 Å². The van der Waals surface area contributed by atoms with E-state index in [0.717, 1.165) is 18.5 Å². The number of hydrogen-bond donors (Lipinski definition) is 2. The molecule has 88 valence electrons. The zero-order valence-electron chi connectivity index (χ0n) is 8.78. The molecule has 0 aliphatic heterocycles. The van der Waals surface area contributed by atoms with Crippen LogP contribution in [-0.2, 0) is 6.54 Å². The number of nitrogens with one attached hydrogen (secondary N) is 1. The molecule has 6 heteroatoms. The van der Waals surface area contributed by atoms with Crippen LogP contribution in [0.2, 0.25) is 5.02 Å². The first kappa shape index (κ1) is 12.9. The Labute approximate surface area is 98.7 Å². The van der Waals surface area contributed by atoms with Crippen molar-refractivity contribution < 1.29 is 4.92 Å². The van der Waals surface area contributed by atoms with Crippen LogP contribution < -0.4 is 11.1 Å². The molecule has 0 heterocycles. The van der Waals surface area contributed by atoms with E-state index in [-0.39, 0.29) is 5.69 Å². The molecule has 16 heavy (non-hydrogen) atoms. The van der Waals surface area contributed by atoms with Crippen molar-refractivity contribution in [1.82, 2.24) is 5.32 Å². The summed E-state index contributed by atoms with van der Waals surface area (Å²) >= 11 is 5.92. The van der Waals surface area contributed by atoms with Gasteiger partial charge in [-0.1, -0.05) is 11.6 Å². The highest BCUT2D eigenvalue weighted by Crippen LogP contribution is 2.22. The second-order valence-electron chi connectivity index (χ2n) is 3.35. The molecule has 1 rings (SSSR count). The van der Waals surface area contributed by atoms with Gasteiger partial charge in [-0.25, -0.2) is 0 Å². The molecule has 0 unspecified atom stereocenters. The fourth-order valence-electron chi connectivity index (χ4n) is 1.24. The molecule has 0 radical (unpaired) electrons. The molecule has 0 fully saturated rings. The Morgan fingerprint density at radius 2 is 2.25 bits per heavy atom. The highest BCUT2D eigenvalue weighted by Gasteiger charge is 2.08. The lowest BCUT2D eigenvalue weighted by Gasteiger charge is -2.05. The van der Waals surface area contributed by atoms with Crippen molar-refractivity contribution >= 4 is 17.3 Å². The molecule has 3 N–H and O–H groups in total. The summed E-state index contributed by atoms with van der Waals surface area (Å²) in [7, 11) is 0. The Bertz CT molecular complexity index is 371. The Kier molecular flexibility index (Phi) is 5.18. The fourth-order valence-corrected chi connectivity index (χ4v) is 1.48. The summed E-state index contributed by atoms with van der Waals surface area (Å²) in [5.41, 5.74) is 6.21. The van der Waals surface area contributed by atoms with Gasteiger partial charge in [-0.05, 0) is 31.1 Å². The van der Waals surface area contributed by atoms with Crippen molar-refractivity contribution in [3.63, 3.8) is 0 Å². The molecule has 0 atom stereocenters. The fraction of sp³-hybridized carbons (Fsp3) is 0.400. The summed E-state index contributed by atoms with van der Waals surface area (Å²) in [4.78, 5) is 10.0. The van der Waals surface area contributed by atoms with Gasteiger partial charge in [0.15, 0.2) is 0 Å². The molecule has 0 saturated heterocycles. The second kappa shape index (κ2) is 6.42. The highest BCUT2D eigenvalue weighted by molar-refractivity contribution is 6.31. The predicted molar refractivity (Wildman–Crippen MR) is 63.5 cm³/mol. The van der Waals surface area contributed by atoms with Gasteiger partial charge >= 0.3 is 0 Å². The standard InChI is InChI=1S/C10H14ClN3O2/c11-10-6-9(14(15)16)3-2-8(10)7-13-5-1-4-12/h2-3,6,13H,1,4-5,7,12H2. The number of nitrogens with two attached hydrogens (primary N) is 1. The van der Waals surface area contributed by atoms with E-state index in [0.29, 0.717) is 18.1 Å². The average Bonchev–Trinajstić information content (AvgIpc) is 2.26. The predicted octanol–water partition coefficient (Wildman–Crippen LogP) is 1.69. The van der Waals surface area contributed by atoms with Crippen molar-refractivity contribution in [2.75, 3.05) is 13.1 Å². The number of nitro benzene ring substituents is 1. The van der Waals surface area contributed by atoms with Gasteiger partial charge in [0.2, 0.25) is 0 Å². The number of hydrogen-bond acceptors (Lipinski definition) is 4. The maximum atomic E-state index is 10.5. The summed E-state index contributed by atoms with van der Waals surface area (Å²) in [6, 6.07) is 4.48. The van der Waals surface area contributed by atoms with Crippen LogP contribution in [0, 0.1) is 10.1 Å². The first-order chi connectivity index (χ1) is 7.65. The van der Waals surface area contributed by atoms with Crippen LogP contribution in [0.4, 0.5) is 5.69 Å². The molecular weight excluding hydrogens is 230 g/mol. The number of rotatable bonds is 6. The molecule has 0 aliphatic carbocycles. The van der Waals surface area contributed by atoms with E-state index >= 15 is 0 Å². The van der Waals surface area contributed by atoms with Gasteiger partial charge in [-0.3, -0.25) is 10.1 Å². The van der Waals surface area contributed by atoms with Crippen molar-refractivity contribution in [2.45, 2.75) is 13.0 Å². The average molecular weight is 244 g/mol. The monoisotopic (exact) mass is 243 g/mol. The summed E-state index contributed by atoms with van der Waals surface area (Å²) < 4.78 is 0. The van der Waals surface area contributed by atoms with Gasteiger partial charge in [-0.2, -0.15) is 0 Å². The minimum Gasteiger partial charge on any atom is -0.330 e. The van der Waals surface area contributed by atoms with Crippen LogP contribution in [0.5, 0.6) is 0 Å². The number of nitrogens with zero attached hydrogens (tertiary/aromatic N) is 1.